The molecule has 0 radical (unpaired) electrons. The number of aromatic nitrogens is 4. The first-order valence-corrected chi connectivity index (χ1v) is 8.62. The van der Waals surface area contributed by atoms with Crippen LogP contribution < -0.4 is 5.32 Å². The van der Waals surface area contributed by atoms with Gasteiger partial charge in [0.15, 0.2) is 5.65 Å². The van der Waals surface area contributed by atoms with Crippen LogP contribution in [0.3, 0.4) is 0 Å². The molecule has 0 fully saturated rings. The molecule has 0 aliphatic carbocycles. The van der Waals surface area contributed by atoms with Crippen molar-refractivity contribution in [2.75, 3.05) is 5.32 Å². The fraction of sp³-hybridized carbons (Fsp3) is 0.200. The quantitative estimate of drug-likeness (QED) is 0.613. The number of para-hydroxylation sites is 1. The van der Waals surface area contributed by atoms with Crippen molar-refractivity contribution in [1.29, 1.82) is 0 Å². The molecule has 4 aromatic rings. The molecule has 4 rings (SSSR count). The van der Waals surface area contributed by atoms with Crippen molar-refractivity contribution in [3.8, 4) is 0 Å². The van der Waals surface area contributed by atoms with Crippen molar-refractivity contribution in [2.45, 2.75) is 19.3 Å². The molecule has 0 saturated carbocycles. The number of fused-ring (bicyclic) bond motifs is 3. The summed E-state index contributed by atoms with van der Waals surface area (Å²) in [6.45, 7) is 1.99. The topological polar surface area (TPSA) is 72.7 Å². The summed E-state index contributed by atoms with van der Waals surface area (Å²) in [7, 11) is 1.93. The van der Waals surface area contributed by atoms with E-state index in [2.05, 4.69) is 20.5 Å². The number of anilines is 1. The Kier molecular flexibility index (Phi) is 4.08. The summed E-state index contributed by atoms with van der Waals surface area (Å²) in [5.74, 6) is -0.149. The minimum absolute atomic E-state index is 0.126. The predicted octanol–water partition coefficient (Wildman–Crippen LogP) is 3.65. The normalized spacial score (nSPS) is 12.4. The molecule has 1 unspecified atom stereocenters. The van der Waals surface area contributed by atoms with Gasteiger partial charge >= 0.3 is 0 Å². The van der Waals surface area contributed by atoms with Crippen LogP contribution in [0.5, 0.6) is 0 Å². The number of amides is 1. The summed E-state index contributed by atoms with van der Waals surface area (Å²) in [6.07, 6.45) is 0.694. The zero-order valence-corrected chi connectivity index (χ0v) is 14.7. The van der Waals surface area contributed by atoms with Gasteiger partial charge < -0.3 is 4.57 Å². The van der Waals surface area contributed by atoms with Gasteiger partial charge in [-0.3, -0.25) is 10.1 Å². The average molecular weight is 345 g/mol. The Balaban J connectivity index is 1.68. The van der Waals surface area contributed by atoms with Gasteiger partial charge in [-0.2, -0.15) is 4.98 Å². The summed E-state index contributed by atoms with van der Waals surface area (Å²) in [6, 6.07) is 17.7. The lowest BCUT2D eigenvalue weighted by Gasteiger charge is -2.14. The number of carbonyl (C=O) groups is 1. The van der Waals surface area contributed by atoms with Crippen LogP contribution >= 0.6 is 0 Å². The zero-order valence-electron chi connectivity index (χ0n) is 14.7. The van der Waals surface area contributed by atoms with E-state index >= 15 is 0 Å². The standard InChI is InChI=1S/C20H19N5O/c1-3-14(13-9-5-4-6-10-13)19(26)22-20-21-18-17(23-24-20)15-11-7-8-12-16(15)25(18)2/h4-12,14H,3H2,1-2H3,(H,21,22,24,26). The summed E-state index contributed by atoms with van der Waals surface area (Å²) in [5, 5.41) is 12.2. The predicted molar refractivity (Wildman–Crippen MR) is 102 cm³/mol. The Bertz CT molecular complexity index is 1090. The van der Waals surface area contributed by atoms with Crippen molar-refractivity contribution in [1.82, 2.24) is 19.7 Å². The Hall–Kier alpha value is -3.28. The van der Waals surface area contributed by atoms with Gasteiger partial charge in [0.2, 0.25) is 5.91 Å². The maximum atomic E-state index is 12.7. The maximum Gasteiger partial charge on any atom is 0.251 e. The molecule has 6 nitrogen and oxygen atoms in total. The number of aryl methyl sites for hydroxylation is 1. The van der Waals surface area contributed by atoms with Gasteiger partial charge in [0, 0.05) is 12.4 Å². The largest absolute Gasteiger partial charge is 0.327 e. The number of carbonyl (C=O) groups excluding carboxylic acids is 1. The minimum Gasteiger partial charge on any atom is -0.327 e. The molecule has 1 atom stereocenters. The molecular formula is C20H19N5O. The van der Waals surface area contributed by atoms with E-state index in [-0.39, 0.29) is 17.8 Å². The Morgan fingerprint density at radius 2 is 1.81 bits per heavy atom. The molecule has 0 aliphatic heterocycles. The van der Waals surface area contributed by atoms with Crippen LogP contribution in [0.4, 0.5) is 5.95 Å². The number of benzene rings is 2. The molecule has 0 bridgehead atoms. The zero-order chi connectivity index (χ0) is 18.1. The van der Waals surface area contributed by atoms with E-state index in [4.69, 9.17) is 0 Å². The lowest BCUT2D eigenvalue weighted by atomic mass is 9.96. The Morgan fingerprint density at radius 3 is 2.58 bits per heavy atom. The van der Waals surface area contributed by atoms with E-state index in [1.165, 1.54) is 0 Å². The van der Waals surface area contributed by atoms with Crippen molar-refractivity contribution >= 4 is 33.9 Å². The third kappa shape index (κ3) is 2.69. The molecule has 26 heavy (non-hydrogen) atoms. The molecule has 0 spiro atoms. The average Bonchev–Trinajstić information content (AvgIpc) is 2.96. The van der Waals surface area contributed by atoms with Gasteiger partial charge in [-0.25, -0.2) is 0 Å². The van der Waals surface area contributed by atoms with Crippen LogP contribution in [0.2, 0.25) is 0 Å². The monoisotopic (exact) mass is 345 g/mol. The highest BCUT2D eigenvalue weighted by atomic mass is 16.2. The maximum absolute atomic E-state index is 12.7. The van der Waals surface area contributed by atoms with Crippen molar-refractivity contribution in [3.05, 3.63) is 60.2 Å². The summed E-state index contributed by atoms with van der Waals surface area (Å²) in [4.78, 5) is 17.2. The molecule has 1 amide bonds. The number of nitrogens with one attached hydrogen (secondary N) is 1. The van der Waals surface area contributed by atoms with Crippen molar-refractivity contribution in [3.63, 3.8) is 0 Å². The van der Waals surface area contributed by atoms with Crippen LogP contribution in [-0.4, -0.2) is 25.7 Å². The third-order valence-corrected chi connectivity index (χ3v) is 4.67. The van der Waals surface area contributed by atoms with Gasteiger partial charge in [-0.1, -0.05) is 55.5 Å². The molecule has 0 saturated heterocycles. The van der Waals surface area contributed by atoms with Gasteiger partial charge in [0.1, 0.15) is 5.52 Å². The van der Waals surface area contributed by atoms with E-state index in [0.29, 0.717) is 12.1 Å². The molecular weight excluding hydrogens is 326 g/mol. The SMILES string of the molecule is CCC(C(=O)Nc1nnc2c3ccccc3n(C)c2n1)c1ccccc1. The van der Waals surface area contributed by atoms with E-state index in [9.17, 15) is 4.79 Å². The second kappa shape index (κ2) is 6.55. The summed E-state index contributed by atoms with van der Waals surface area (Å²) < 4.78 is 1.96. The van der Waals surface area contributed by atoms with Crippen LogP contribution in [0.1, 0.15) is 24.8 Å². The first-order valence-electron chi connectivity index (χ1n) is 8.62. The molecule has 6 heteroatoms. The lowest BCUT2D eigenvalue weighted by molar-refractivity contribution is -0.117. The van der Waals surface area contributed by atoms with Gasteiger partial charge in [0.25, 0.3) is 5.95 Å². The van der Waals surface area contributed by atoms with Crippen molar-refractivity contribution < 1.29 is 4.79 Å². The molecule has 0 aliphatic rings. The summed E-state index contributed by atoms with van der Waals surface area (Å²) >= 11 is 0. The van der Waals surface area contributed by atoms with Crippen LogP contribution in [0, 0.1) is 0 Å². The third-order valence-electron chi connectivity index (χ3n) is 4.67. The Morgan fingerprint density at radius 1 is 1.08 bits per heavy atom. The molecule has 2 aromatic heterocycles. The lowest BCUT2D eigenvalue weighted by Crippen LogP contribution is -2.22. The number of rotatable bonds is 4. The second-order valence-electron chi connectivity index (χ2n) is 6.24. The molecule has 2 aromatic carbocycles. The van der Waals surface area contributed by atoms with Crippen LogP contribution in [-0.2, 0) is 11.8 Å². The van der Waals surface area contributed by atoms with Gasteiger partial charge in [-0.15, -0.1) is 10.2 Å². The number of hydrogen-bond acceptors (Lipinski definition) is 4. The minimum atomic E-state index is -0.247. The number of hydrogen-bond donors (Lipinski definition) is 1. The second-order valence-corrected chi connectivity index (χ2v) is 6.24. The molecule has 2 heterocycles. The van der Waals surface area contributed by atoms with Gasteiger partial charge in [0.05, 0.1) is 11.4 Å². The fourth-order valence-corrected chi connectivity index (χ4v) is 3.31. The Labute approximate surface area is 150 Å². The van der Waals surface area contributed by atoms with Crippen LogP contribution in [0.15, 0.2) is 54.6 Å². The first-order chi connectivity index (χ1) is 12.7. The molecule has 130 valence electrons. The van der Waals surface area contributed by atoms with Crippen LogP contribution in [0.25, 0.3) is 22.1 Å². The van der Waals surface area contributed by atoms with E-state index < -0.39 is 0 Å². The van der Waals surface area contributed by atoms with Crippen molar-refractivity contribution in [2.24, 2.45) is 7.05 Å². The van der Waals surface area contributed by atoms with E-state index in [1.54, 1.807) is 0 Å². The number of nitrogens with zero attached hydrogens (tertiary/aromatic N) is 4. The highest BCUT2D eigenvalue weighted by Gasteiger charge is 2.20. The fourth-order valence-electron chi connectivity index (χ4n) is 3.31. The van der Waals surface area contributed by atoms with E-state index in [0.717, 1.165) is 22.0 Å². The smallest absolute Gasteiger partial charge is 0.251 e. The first kappa shape index (κ1) is 16.2. The highest BCUT2D eigenvalue weighted by molar-refractivity contribution is 6.04. The van der Waals surface area contributed by atoms with Gasteiger partial charge in [-0.05, 0) is 18.1 Å². The van der Waals surface area contributed by atoms with E-state index in [1.807, 2.05) is 73.1 Å². The summed E-state index contributed by atoms with van der Waals surface area (Å²) in [5.41, 5.74) is 3.44. The highest BCUT2D eigenvalue weighted by Crippen LogP contribution is 2.25. The molecule has 1 N–H and O–H groups in total.